The molecule has 6 heteroatoms. The van der Waals surface area contributed by atoms with Gasteiger partial charge in [-0.05, 0) is 18.2 Å². The Kier molecular flexibility index (Phi) is 3.24. The molecule has 0 aliphatic heterocycles. The summed E-state index contributed by atoms with van der Waals surface area (Å²) in [6.45, 7) is -2.95. The predicted molar refractivity (Wildman–Crippen MR) is 46.6 cm³/mol. The third-order valence-corrected chi connectivity index (χ3v) is 1.76. The van der Waals surface area contributed by atoms with Gasteiger partial charge in [-0.15, -0.1) is 0 Å². The van der Waals surface area contributed by atoms with Crippen molar-refractivity contribution >= 4 is 17.5 Å². The number of hydrogen-bond donors (Lipinski definition) is 1. The number of carbonyl (C=O) groups excluding carboxylic acids is 1. The number of nitrogens with two attached hydrogens (primary N) is 1. The van der Waals surface area contributed by atoms with Crippen molar-refractivity contribution in [3.8, 4) is 5.75 Å². The van der Waals surface area contributed by atoms with Crippen LogP contribution in [0.5, 0.6) is 5.75 Å². The molecule has 1 aromatic carbocycles. The van der Waals surface area contributed by atoms with Gasteiger partial charge in [-0.25, -0.2) is 0 Å². The Morgan fingerprint density at radius 3 is 2.64 bits per heavy atom. The molecule has 0 saturated carbocycles. The highest BCUT2D eigenvalue weighted by Crippen LogP contribution is 2.22. The van der Waals surface area contributed by atoms with Gasteiger partial charge in [0, 0.05) is 0 Å². The Labute approximate surface area is 83.4 Å². The number of alkyl halides is 2. The molecular formula is C8H6ClF2NO2. The van der Waals surface area contributed by atoms with Crippen molar-refractivity contribution in [1.29, 1.82) is 0 Å². The molecule has 0 radical (unpaired) electrons. The second-order valence-corrected chi connectivity index (χ2v) is 2.79. The van der Waals surface area contributed by atoms with E-state index in [9.17, 15) is 13.6 Å². The molecule has 76 valence electrons. The summed E-state index contributed by atoms with van der Waals surface area (Å²) in [6.07, 6.45) is 0. The van der Waals surface area contributed by atoms with E-state index < -0.39 is 12.5 Å². The summed E-state index contributed by atoms with van der Waals surface area (Å²) < 4.78 is 27.6. The average molecular weight is 222 g/mol. The molecule has 14 heavy (non-hydrogen) atoms. The molecule has 0 aliphatic rings. The fourth-order valence-electron chi connectivity index (χ4n) is 0.869. The molecule has 1 rings (SSSR count). The summed E-state index contributed by atoms with van der Waals surface area (Å²) in [5.41, 5.74) is 4.90. The van der Waals surface area contributed by atoms with Gasteiger partial charge in [-0.1, -0.05) is 11.6 Å². The predicted octanol–water partition coefficient (Wildman–Crippen LogP) is 2.04. The van der Waals surface area contributed by atoms with Gasteiger partial charge in [0.05, 0.1) is 10.6 Å². The van der Waals surface area contributed by atoms with Gasteiger partial charge in [0.15, 0.2) is 0 Å². The van der Waals surface area contributed by atoms with E-state index in [1.165, 1.54) is 12.1 Å². The molecule has 3 nitrogen and oxygen atoms in total. The van der Waals surface area contributed by atoms with Gasteiger partial charge in [0.25, 0.3) is 0 Å². The zero-order valence-electron chi connectivity index (χ0n) is 6.84. The van der Waals surface area contributed by atoms with Crippen LogP contribution in [0.2, 0.25) is 5.02 Å². The van der Waals surface area contributed by atoms with E-state index >= 15 is 0 Å². The monoisotopic (exact) mass is 221 g/mol. The second-order valence-electron chi connectivity index (χ2n) is 2.38. The van der Waals surface area contributed by atoms with Crippen LogP contribution in [-0.4, -0.2) is 12.5 Å². The zero-order chi connectivity index (χ0) is 10.7. The molecule has 0 aliphatic carbocycles. The zero-order valence-corrected chi connectivity index (χ0v) is 7.59. The van der Waals surface area contributed by atoms with E-state index in [-0.39, 0.29) is 16.3 Å². The minimum absolute atomic E-state index is 0.0511. The van der Waals surface area contributed by atoms with Crippen molar-refractivity contribution in [2.45, 2.75) is 6.61 Å². The molecule has 0 heterocycles. The molecule has 0 fully saturated rings. The molecule has 1 amide bonds. The summed E-state index contributed by atoms with van der Waals surface area (Å²) in [6, 6.07) is 3.55. The van der Waals surface area contributed by atoms with Crippen LogP contribution in [0.1, 0.15) is 10.4 Å². The van der Waals surface area contributed by atoms with Gasteiger partial charge in [-0.2, -0.15) is 8.78 Å². The molecule has 0 spiro atoms. The molecule has 1 aromatic rings. The van der Waals surface area contributed by atoms with Crippen molar-refractivity contribution in [2.24, 2.45) is 5.73 Å². The van der Waals surface area contributed by atoms with Crippen LogP contribution < -0.4 is 10.5 Å². The molecular weight excluding hydrogens is 216 g/mol. The quantitative estimate of drug-likeness (QED) is 0.849. The van der Waals surface area contributed by atoms with Gasteiger partial charge >= 0.3 is 6.61 Å². The van der Waals surface area contributed by atoms with Crippen LogP contribution in [-0.2, 0) is 0 Å². The van der Waals surface area contributed by atoms with Crippen molar-refractivity contribution < 1.29 is 18.3 Å². The standard InChI is InChI=1S/C8H6ClF2NO2/c9-6-2-1-4(14-8(10)11)3-5(6)7(12)13/h1-3,8H,(H2,12,13). The Bertz CT molecular complexity index is 357. The lowest BCUT2D eigenvalue weighted by Crippen LogP contribution is -2.12. The molecule has 2 N–H and O–H groups in total. The number of ether oxygens (including phenoxy) is 1. The Morgan fingerprint density at radius 1 is 1.50 bits per heavy atom. The summed E-state index contributed by atoms with van der Waals surface area (Å²) >= 11 is 5.58. The van der Waals surface area contributed by atoms with Crippen molar-refractivity contribution in [2.75, 3.05) is 0 Å². The first kappa shape index (κ1) is 10.7. The van der Waals surface area contributed by atoms with Crippen LogP contribution in [0.3, 0.4) is 0 Å². The van der Waals surface area contributed by atoms with E-state index in [4.69, 9.17) is 17.3 Å². The van der Waals surface area contributed by atoms with Crippen molar-refractivity contribution in [3.05, 3.63) is 28.8 Å². The smallest absolute Gasteiger partial charge is 0.387 e. The maximum absolute atomic E-state index is 11.8. The molecule has 0 atom stereocenters. The van der Waals surface area contributed by atoms with Crippen LogP contribution in [0.15, 0.2) is 18.2 Å². The highest BCUT2D eigenvalue weighted by molar-refractivity contribution is 6.33. The largest absolute Gasteiger partial charge is 0.435 e. The molecule has 0 bridgehead atoms. The van der Waals surface area contributed by atoms with E-state index in [2.05, 4.69) is 4.74 Å². The number of halogens is 3. The van der Waals surface area contributed by atoms with Crippen LogP contribution in [0, 0.1) is 0 Å². The normalized spacial score (nSPS) is 10.3. The fraction of sp³-hybridized carbons (Fsp3) is 0.125. The Balaban J connectivity index is 3.00. The van der Waals surface area contributed by atoms with Crippen molar-refractivity contribution in [1.82, 2.24) is 0 Å². The van der Waals surface area contributed by atoms with Crippen LogP contribution in [0.4, 0.5) is 8.78 Å². The topological polar surface area (TPSA) is 52.3 Å². The minimum Gasteiger partial charge on any atom is -0.435 e. The maximum Gasteiger partial charge on any atom is 0.387 e. The Hall–Kier alpha value is -1.36. The summed E-state index contributed by atoms with van der Waals surface area (Å²) in [7, 11) is 0. The summed E-state index contributed by atoms with van der Waals surface area (Å²) in [5.74, 6) is -0.951. The van der Waals surface area contributed by atoms with Crippen LogP contribution >= 0.6 is 11.6 Å². The van der Waals surface area contributed by atoms with E-state index in [1.54, 1.807) is 0 Å². The third-order valence-electron chi connectivity index (χ3n) is 1.43. The maximum atomic E-state index is 11.8. The first-order chi connectivity index (χ1) is 6.50. The lowest BCUT2D eigenvalue weighted by molar-refractivity contribution is -0.0498. The highest BCUT2D eigenvalue weighted by atomic mass is 35.5. The third kappa shape index (κ3) is 2.56. The van der Waals surface area contributed by atoms with Gasteiger partial charge in [-0.3, -0.25) is 4.79 Å². The first-order valence-corrected chi connectivity index (χ1v) is 3.92. The average Bonchev–Trinajstić information content (AvgIpc) is 2.07. The number of rotatable bonds is 3. The number of primary amides is 1. The summed E-state index contributed by atoms with van der Waals surface area (Å²) in [4.78, 5) is 10.8. The highest BCUT2D eigenvalue weighted by Gasteiger charge is 2.10. The number of carbonyl (C=O) groups is 1. The van der Waals surface area contributed by atoms with Gasteiger partial charge in [0.2, 0.25) is 5.91 Å². The minimum atomic E-state index is -2.95. The van der Waals surface area contributed by atoms with Gasteiger partial charge < -0.3 is 10.5 Å². The number of amides is 1. The van der Waals surface area contributed by atoms with E-state index in [0.29, 0.717) is 0 Å². The Morgan fingerprint density at radius 2 is 2.14 bits per heavy atom. The van der Waals surface area contributed by atoms with E-state index in [0.717, 1.165) is 6.07 Å². The lowest BCUT2D eigenvalue weighted by atomic mass is 10.2. The molecule has 0 aromatic heterocycles. The number of hydrogen-bond acceptors (Lipinski definition) is 2. The van der Waals surface area contributed by atoms with E-state index in [1.807, 2.05) is 0 Å². The van der Waals surface area contributed by atoms with Gasteiger partial charge in [0.1, 0.15) is 5.75 Å². The first-order valence-electron chi connectivity index (χ1n) is 3.55. The molecule has 0 unspecified atom stereocenters. The fourth-order valence-corrected chi connectivity index (χ4v) is 1.08. The van der Waals surface area contributed by atoms with Crippen molar-refractivity contribution in [3.63, 3.8) is 0 Å². The number of benzene rings is 1. The van der Waals surface area contributed by atoms with Crippen LogP contribution in [0.25, 0.3) is 0 Å². The lowest BCUT2D eigenvalue weighted by Gasteiger charge is -2.06. The molecule has 0 saturated heterocycles. The second kappa shape index (κ2) is 4.23. The summed E-state index contributed by atoms with van der Waals surface area (Å²) in [5, 5.41) is 0.0964. The SMILES string of the molecule is NC(=O)c1cc(OC(F)F)ccc1Cl.